The SMILES string of the molecule is CCNC(=O)C1=CC(O)=CC(O)C(O)=C1. The number of amides is 1. The lowest BCUT2D eigenvalue weighted by Gasteiger charge is -2.03. The van der Waals surface area contributed by atoms with E-state index in [-0.39, 0.29) is 17.1 Å². The van der Waals surface area contributed by atoms with Gasteiger partial charge in [-0.15, -0.1) is 0 Å². The molecule has 0 aliphatic heterocycles. The molecule has 82 valence electrons. The van der Waals surface area contributed by atoms with Crippen LogP contribution in [-0.2, 0) is 4.79 Å². The molecule has 0 bridgehead atoms. The quantitative estimate of drug-likeness (QED) is 0.529. The first-order chi connectivity index (χ1) is 7.04. The Morgan fingerprint density at radius 3 is 2.73 bits per heavy atom. The van der Waals surface area contributed by atoms with Crippen molar-refractivity contribution in [2.45, 2.75) is 13.0 Å². The van der Waals surface area contributed by atoms with Crippen molar-refractivity contribution in [3.63, 3.8) is 0 Å². The molecule has 0 aromatic rings. The highest BCUT2D eigenvalue weighted by atomic mass is 16.3. The van der Waals surface area contributed by atoms with Crippen LogP contribution in [0.15, 0.2) is 35.3 Å². The molecule has 1 amide bonds. The molecule has 5 nitrogen and oxygen atoms in total. The third-order valence-electron chi connectivity index (χ3n) is 1.84. The predicted octanol–water partition coefficient (Wildman–Crippen LogP) is 0.307. The predicted molar refractivity (Wildman–Crippen MR) is 54.2 cm³/mol. The third-order valence-corrected chi connectivity index (χ3v) is 1.84. The maximum atomic E-state index is 11.4. The molecule has 0 spiro atoms. The first-order valence-corrected chi connectivity index (χ1v) is 4.54. The molecule has 0 saturated carbocycles. The smallest absolute Gasteiger partial charge is 0.251 e. The average Bonchev–Trinajstić information content (AvgIpc) is 2.27. The zero-order valence-electron chi connectivity index (χ0n) is 8.27. The number of aliphatic hydroxyl groups is 3. The van der Waals surface area contributed by atoms with Crippen LogP contribution in [0.25, 0.3) is 0 Å². The van der Waals surface area contributed by atoms with E-state index in [2.05, 4.69) is 5.32 Å². The molecule has 0 aromatic heterocycles. The Labute approximate surface area is 87.0 Å². The van der Waals surface area contributed by atoms with Gasteiger partial charge in [0.1, 0.15) is 17.6 Å². The fourth-order valence-electron chi connectivity index (χ4n) is 1.13. The minimum Gasteiger partial charge on any atom is -0.509 e. The first-order valence-electron chi connectivity index (χ1n) is 4.54. The van der Waals surface area contributed by atoms with Crippen molar-refractivity contribution in [1.82, 2.24) is 5.32 Å². The van der Waals surface area contributed by atoms with Crippen LogP contribution in [0.3, 0.4) is 0 Å². The van der Waals surface area contributed by atoms with Gasteiger partial charge in [0.05, 0.1) is 0 Å². The van der Waals surface area contributed by atoms with Crippen molar-refractivity contribution in [2.24, 2.45) is 0 Å². The summed E-state index contributed by atoms with van der Waals surface area (Å²) in [5.74, 6) is -1.06. The van der Waals surface area contributed by atoms with Gasteiger partial charge in [-0.05, 0) is 25.2 Å². The van der Waals surface area contributed by atoms with Crippen molar-refractivity contribution in [3.05, 3.63) is 35.3 Å². The number of likely N-dealkylation sites (N-methyl/N-ethyl adjacent to an activating group) is 1. The van der Waals surface area contributed by atoms with E-state index in [9.17, 15) is 20.1 Å². The second kappa shape index (κ2) is 4.65. The number of rotatable bonds is 2. The Balaban J connectivity index is 2.98. The van der Waals surface area contributed by atoms with Gasteiger partial charge in [-0.1, -0.05) is 0 Å². The van der Waals surface area contributed by atoms with Gasteiger partial charge in [0.15, 0.2) is 0 Å². The van der Waals surface area contributed by atoms with Gasteiger partial charge in [0, 0.05) is 12.1 Å². The van der Waals surface area contributed by atoms with E-state index < -0.39 is 12.0 Å². The van der Waals surface area contributed by atoms with Crippen molar-refractivity contribution in [1.29, 1.82) is 0 Å². The lowest BCUT2D eigenvalue weighted by molar-refractivity contribution is -0.117. The lowest BCUT2D eigenvalue weighted by atomic mass is 10.2. The van der Waals surface area contributed by atoms with Crippen molar-refractivity contribution >= 4 is 5.91 Å². The molecule has 0 radical (unpaired) electrons. The summed E-state index contributed by atoms with van der Waals surface area (Å²) in [6.07, 6.45) is 2.05. The first kappa shape index (κ1) is 11.3. The van der Waals surface area contributed by atoms with Crippen LogP contribution in [0.5, 0.6) is 0 Å². The second-order valence-corrected chi connectivity index (χ2v) is 3.06. The summed E-state index contributed by atoms with van der Waals surface area (Å²) in [5.41, 5.74) is 0.0969. The maximum Gasteiger partial charge on any atom is 0.251 e. The zero-order chi connectivity index (χ0) is 11.4. The average molecular weight is 211 g/mol. The number of aliphatic hydroxyl groups excluding tert-OH is 3. The van der Waals surface area contributed by atoms with Crippen molar-refractivity contribution in [3.8, 4) is 0 Å². The highest BCUT2D eigenvalue weighted by Crippen LogP contribution is 2.14. The van der Waals surface area contributed by atoms with Crippen LogP contribution in [-0.4, -0.2) is 33.9 Å². The van der Waals surface area contributed by atoms with Crippen LogP contribution < -0.4 is 5.32 Å². The molecule has 0 aromatic carbocycles. The Bertz CT molecular complexity index is 354. The summed E-state index contributed by atoms with van der Waals surface area (Å²) < 4.78 is 0. The fourth-order valence-corrected chi connectivity index (χ4v) is 1.13. The zero-order valence-corrected chi connectivity index (χ0v) is 8.27. The summed E-state index contributed by atoms with van der Waals surface area (Å²) in [4.78, 5) is 11.4. The van der Waals surface area contributed by atoms with Gasteiger partial charge in [0.2, 0.25) is 0 Å². The number of hydrogen-bond acceptors (Lipinski definition) is 4. The molecule has 1 aliphatic rings. The van der Waals surface area contributed by atoms with Crippen LogP contribution in [0.2, 0.25) is 0 Å². The maximum absolute atomic E-state index is 11.4. The van der Waals surface area contributed by atoms with Crippen molar-refractivity contribution < 1.29 is 20.1 Å². The van der Waals surface area contributed by atoms with Gasteiger partial charge in [-0.2, -0.15) is 0 Å². The molecular weight excluding hydrogens is 198 g/mol. The molecule has 15 heavy (non-hydrogen) atoms. The molecule has 1 aliphatic carbocycles. The molecule has 1 atom stereocenters. The normalized spacial score (nSPS) is 20.9. The Morgan fingerprint density at radius 2 is 2.13 bits per heavy atom. The summed E-state index contributed by atoms with van der Waals surface area (Å²) in [6.45, 7) is 2.20. The van der Waals surface area contributed by atoms with Crippen LogP contribution in [0.1, 0.15) is 6.92 Å². The number of carbonyl (C=O) groups is 1. The van der Waals surface area contributed by atoms with Gasteiger partial charge >= 0.3 is 0 Å². The monoisotopic (exact) mass is 211 g/mol. The molecule has 1 rings (SSSR count). The topological polar surface area (TPSA) is 89.8 Å². The largest absolute Gasteiger partial charge is 0.509 e. The number of hydrogen-bond donors (Lipinski definition) is 4. The Kier molecular flexibility index (Phi) is 3.51. The van der Waals surface area contributed by atoms with E-state index >= 15 is 0 Å². The summed E-state index contributed by atoms with van der Waals surface area (Å²) in [5, 5.41) is 30.3. The molecule has 1 unspecified atom stereocenters. The van der Waals surface area contributed by atoms with Gasteiger partial charge in [-0.25, -0.2) is 0 Å². The minimum absolute atomic E-state index is 0.0969. The highest BCUT2D eigenvalue weighted by Gasteiger charge is 2.16. The fraction of sp³-hybridized carbons (Fsp3) is 0.300. The summed E-state index contributed by atoms with van der Waals surface area (Å²) >= 11 is 0. The summed E-state index contributed by atoms with van der Waals surface area (Å²) in [7, 11) is 0. The van der Waals surface area contributed by atoms with E-state index in [1.807, 2.05) is 0 Å². The Hall–Kier alpha value is -1.75. The molecule has 0 fully saturated rings. The minimum atomic E-state index is -1.28. The standard InChI is InChI=1S/C10H13NO4/c1-2-11-10(15)6-3-7(12)5-9(14)8(13)4-6/h3-5,9,12-14H,2H2,1H3,(H,11,15). The number of carbonyl (C=O) groups excluding carboxylic acids is 1. The van der Waals surface area contributed by atoms with Crippen LogP contribution in [0, 0.1) is 0 Å². The molecule has 0 saturated heterocycles. The van der Waals surface area contributed by atoms with E-state index in [0.29, 0.717) is 6.54 Å². The van der Waals surface area contributed by atoms with E-state index in [1.54, 1.807) is 6.92 Å². The van der Waals surface area contributed by atoms with Gasteiger partial charge in [0.25, 0.3) is 5.91 Å². The van der Waals surface area contributed by atoms with Crippen LogP contribution >= 0.6 is 0 Å². The van der Waals surface area contributed by atoms with Crippen molar-refractivity contribution in [2.75, 3.05) is 6.54 Å². The Morgan fingerprint density at radius 1 is 1.47 bits per heavy atom. The lowest BCUT2D eigenvalue weighted by Crippen LogP contribution is -2.24. The van der Waals surface area contributed by atoms with Crippen LogP contribution in [0.4, 0.5) is 0 Å². The highest BCUT2D eigenvalue weighted by molar-refractivity contribution is 5.96. The van der Waals surface area contributed by atoms with E-state index in [1.165, 1.54) is 6.08 Å². The third kappa shape index (κ3) is 2.85. The molecular formula is C10H13NO4. The second-order valence-electron chi connectivity index (χ2n) is 3.06. The van der Waals surface area contributed by atoms with E-state index in [4.69, 9.17) is 0 Å². The molecule has 4 N–H and O–H groups in total. The van der Waals surface area contributed by atoms with E-state index in [0.717, 1.165) is 12.2 Å². The number of allylic oxidation sites excluding steroid dienone is 1. The molecule has 5 heteroatoms. The van der Waals surface area contributed by atoms with Gasteiger partial charge in [-0.3, -0.25) is 4.79 Å². The van der Waals surface area contributed by atoms with Gasteiger partial charge < -0.3 is 20.6 Å². The summed E-state index contributed by atoms with van der Waals surface area (Å²) in [6, 6.07) is 0. The molecule has 0 heterocycles. The number of nitrogens with one attached hydrogen (secondary N) is 1.